The topological polar surface area (TPSA) is 38.3 Å². The summed E-state index contributed by atoms with van der Waals surface area (Å²) in [4.78, 5) is 11.8. The first-order valence-electron chi connectivity index (χ1n) is 6.17. The van der Waals surface area contributed by atoms with Crippen LogP contribution in [0.4, 0.5) is 0 Å². The highest BCUT2D eigenvalue weighted by atomic mass is 16.5. The van der Waals surface area contributed by atoms with Crippen molar-refractivity contribution in [3.8, 4) is 0 Å². The maximum Gasteiger partial charge on any atom is 0.225 e. The van der Waals surface area contributed by atoms with Gasteiger partial charge >= 0.3 is 0 Å². The van der Waals surface area contributed by atoms with E-state index in [1.807, 2.05) is 0 Å². The summed E-state index contributed by atoms with van der Waals surface area (Å²) in [5, 5.41) is 3.16. The van der Waals surface area contributed by atoms with E-state index >= 15 is 0 Å². The number of hydrogen-bond acceptors (Lipinski definition) is 2. The molecule has 1 N–H and O–H groups in total. The van der Waals surface area contributed by atoms with Crippen molar-refractivity contribution >= 4 is 5.91 Å². The van der Waals surface area contributed by atoms with Gasteiger partial charge in [0.15, 0.2) is 0 Å². The van der Waals surface area contributed by atoms with Crippen LogP contribution in [0.25, 0.3) is 0 Å². The molecule has 1 aliphatic heterocycles. The van der Waals surface area contributed by atoms with Gasteiger partial charge in [-0.25, -0.2) is 0 Å². The van der Waals surface area contributed by atoms with E-state index in [1.165, 1.54) is 19.3 Å². The van der Waals surface area contributed by atoms with Crippen LogP contribution in [-0.2, 0) is 9.53 Å². The Labute approximate surface area is 91.6 Å². The number of hydrogen-bond donors (Lipinski definition) is 1. The predicted octanol–water partition coefficient (Wildman–Crippen LogP) is 1.72. The van der Waals surface area contributed by atoms with Crippen molar-refractivity contribution in [3.05, 3.63) is 0 Å². The van der Waals surface area contributed by atoms with Crippen molar-refractivity contribution in [2.75, 3.05) is 13.2 Å². The molecular weight excluding hydrogens is 190 g/mol. The Kier molecular flexibility index (Phi) is 3.62. The first-order chi connectivity index (χ1) is 7.29. The van der Waals surface area contributed by atoms with Gasteiger partial charge in [-0.05, 0) is 25.2 Å². The van der Waals surface area contributed by atoms with E-state index in [0.717, 1.165) is 25.4 Å². The van der Waals surface area contributed by atoms with Gasteiger partial charge in [-0.2, -0.15) is 0 Å². The Morgan fingerprint density at radius 1 is 1.47 bits per heavy atom. The molecule has 1 aliphatic carbocycles. The molecule has 1 heterocycles. The number of amides is 1. The molecule has 2 fully saturated rings. The van der Waals surface area contributed by atoms with Crippen LogP contribution in [-0.4, -0.2) is 25.2 Å². The van der Waals surface area contributed by atoms with Gasteiger partial charge in [-0.1, -0.05) is 19.8 Å². The van der Waals surface area contributed by atoms with Crippen LogP contribution in [0.3, 0.4) is 0 Å². The average molecular weight is 211 g/mol. The van der Waals surface area contributed by atoms with Crippen molar-refractivity contribution in [2.24, 2.45) is 11.8 Å². The fourth-order valence-electron chi connectivity index (χ4n) is 2.14. The monoisotopic (exact) mass is 211 g/mol. The van der Waals surface area contributed by atoms with Gasteiger partial charge < -0.3 is 10.1 Å². The number of carbonyl (C=O) groups excluding carboxylic acids is 1. The lowest BCUT2D eigenvalue weighted by Gasteiger charge is -2.18. The van der Waals surface area contributed by atoms with Crippen molar-refractivity contribution in [3.63, 3.8) is 0 Å². The molecule has 3 nitrogen and oxygen atoms in total. The number of rotatable bonds is 5. The van der Waals surface area contributed by atoms with E-state index in [9.17, 15) is 4.79 Å². The molecule has 2 rings (SSSR count). The summed E-state index contributed by atoms with van der Waals surface area (Å²) >= 11 is 0. The Morgan fingerprint density at radius 3 is 2.80 bits per heavy atom. The normalized spacial score (nSPS) is 27.7. The summed E-state index contributed by atoms with van der Waals surface area (Å²) in [5.74, 6) is 1.20. The zero-order valence-electron chi connectivity index (χ0n) is 9.50. The predicted molar refractivity (Wildman–Crippen MR) is 58.5 cm³/mol. The molecule has 86 valence electrons. The highest BCUT2D eigenvalue weighted by Crippen LogP contribution is 2.34. The molecule has 2 unspecified atom stereocenters. The van der Waals surface area contributed by atoms with Crippen LogP contribution in [0.1, 0.15) is 39.0 Å². The maximum atomic E-state index is 11.8. The van der Waals surface area contributed by atoms with Crippen molar-refractivity contribution in [2.45, 2.75) is 45.1 Å². The van der Waals surface area contributed by atoms with Gasteiger partial charge in [-0.3, -0.25) is 4.79 Å². The average Bonchev–Trinajstić information content (AvgIpc) is 2.88. The molecule has 3 heteroatoms. The third-order valence-corrected chi connectivity index (χ3v) is 3.45. The van der Waals surface area contributed by atoms with Crippen molar-refractivity contribution in [1.29, 1.82) is 0 Å². The fourth-order valence-corrected chi connectivity index (χ4v) is 2.14. The van der Waals surface area contributed by atoms with Gasteiger partial charge in [0, 0.05) is 12.6 Å². The Hall–Kier alpha value is -0.570. The molecule has 0 spiro atoms. The van der Waals surface area contributed by atoms with Crippen LogP contribution in [0.5, 0.6) is 0 Å². The largest absolute Gasteiger partial charge is 0.381 e. The minimum Gasteiger partial charge on any atom is -0.381 e. The summed E-state index contributed by atoms with van der Waals surface area (Å²) in [6.45, 7) is 3.52. The second-order valence-corrected chi connectivity index (χ2v) is 4.85. The molecule has 0 bridgehead atoms. The standard InChI is InChI=1S/C12H21NO2/c1-2-11(7-9-3-4-9)13-12(14)10-5-6-15-8-10/h9-11H,2-8H2,1H3,(H,13,14). The Balaban J connectivity index is 1.74. The van der Waals surface area contributed by atoms with Crippen molar-refractivity contribution in [1.82, 2.24) is 5.32 Å². The molecule has 0 radical (unpaired) electrons. The van der Waals surface area contributed by atoms with E-state index in [2.05, 4.69) is 12.2 Å². The lowest BCUT2D eigenvalue weighted by atomic mass is 10.0. The van der Waals surface area contributed by atoms with Crippen LogP contribution in [0, 0.1) is 11.8 Å². The van der Waals surface area contributed by atoms with Crippen LogP contribution < -0.4 is 5.32 Å². The maximum absolute atomic E-state index is 11.8. The van der Waals surface area contributed by atoms with E-state index in [4.69, 9.17) is 4.74 Å². The van der Waals surface area contributed by atoms with Crippen LogP contribution in [0.2, 0.25) is 0 Å². The minimum absolute atomic E-state index is 0.109. The first kappa shape index (κ1) is 10.9. The van der Waals surface area contributed by atoms with Crippen LogP contribution in [0.15, 0.2) is 0 Å². The van der Waals surface area contributed by atoms with Gasteiger partial charge in [-0.15, -0.1) is 0 Å². The molecule has 1 saturated carbocycles. The molecule has 0 aromatic carbocycles. The zero-order valence-corrected chi connectivity index (χ0v) is 9.50. The second-order valence-electron chi connectivity index (χ2n) is 4.85. The number of ether oxygens (including phenoxy) is 1. The van der Waals surface area contributed by atoms with Crippen molar-refractivity contribution < 1.29 is 9.53 Å². The Morgan fingerprint density at radius 2 is 2.27 bits per heavy atom. The Bertz CT molecular complexity index is 220. The molecule has 2 atom stereocenters. The SMILES string of the molecule is CCC(CC1CC1)NC(=O)C1CCOC1. The smallest absolute Gasteiger partial charge is 0.225 e. The lowest BCUT2D eigenvalue weighted by molar-refractivity contribution is -0.125. The van der Waals surface area contributed by atoms with Gasteiger partial charge in [0.25, 0.3) is 0 Å². The van der Waals surface area contributed by atoms with E-state index in [-0.39, 0.29) is 11.8 Å². The number of carbonyl (C=O) groups is 1. The fraction of sp³-hybridized carbons (Fsp3) is 0.917. The molecule has 0 aromatic heterocycles. The summed E-state index contributed by atoms with van der Waals surface area (Å²) in [6, 6.07) is 0.394. The lowest BCUT2D eigenvalue weighted by Crippen LogP contribution is -2.39. The van der Waals surface area contributed by atoms with Gasteiger partial charge in [0.1, 0.15) is 0 Å². The molecular formula is C12H21NO2. The zero-order chi connectivity index (χ0) is 10.7. The summed E-state index contributed by atoms with van der Waals surface area (Å²) < 4.78 is 5.23. The minimum atomic E-state index is 0.109. The summed E-state index contributed by atoms with van der Waals surface area (Å²) in [7, 11) is 0. The van der Waals surface area contributed by atoms with Crippen LogP contribution >= 0.6 is 0 Å². The second kappa shape index (κ2) is 4.97. The first-order valence-corrected chi connectivity index (χ1v) is 6.17. The van der Waals surface area contributed by atoms with Gasteiger partial charge in [0.2, 0.25) is 5.91 Å². The number of nitrogens with one attached hydrogen (secondary N) is 1. The molecule has 0 aromatic rings. The molecule has 15 heavy (non-hydrogen) atoms. The van der Waals surface area contributed by atoms with E-state index < -0.39 is 0 Å². The van der Waals surface area contributed by atoms with E-state index in [1.54, 1.807) is 0 Å². The van der Waals surface area contributed by atoms with E-state index in [0.29, 0.717) is 12.6 Å². The summed E-state index contributed by atoms with van der Waals surface area (Å²) in [6.07, 6.45) is 5.84. The molecule has 1 amide bonds. The highest BCUT2D eigenvalue weighted by molar-refractivity contribution is 5.79. The highest BCUT2D eigenvalue weighted by Gasteiger charge is 2.28. The van der Waals surface area contributed by atoms with Gasteiger partial charge in [0.05, 0.1) is 12.5 Å². The third-order valence-electron chi connectivity index (χ3n) is 3.45. The third kappa shape index (κ3) is 3.20. The quantitative estimate of drug-likeness (QED) is 0.752. The summed E-state index contributed by atoms with van der Waals surface area (Å²) in [5.41, 5.74) is 0. The molecule has 1 saturated heterocycles. The molecule has 2 aliphatic rings.